The third-order valence-electron chi connectivity index (χ3n) is 4.38. The van der Waals surface area contributed by atoms with Crippen LogP contribution in [0.3, 0.4) is 0 Å². The van der Waals surface area contributed by atoms with E-state index in [-0.39, 0.29) is 11.6 Å². The number of aromatic amines is 1. The number of amides is 1. The Morgan fingerprint density at radius 3 is 2.71 bits per heavy atom. The van der Waals surface area contributed by atoms with Crippen LogP contribution in [0.15, 0.2) is 29.1 Å². The van der Waals surface area contributed by atoms with Crippen molar-refractivity contribution < 1.29 is 4.79 Å². The second-order valence-corrected chi connectivity index (χ2v) is 5.98. The topological polar surface area (TPSA) is 66.9 Å². The van der Waals surface area contributed by atoms with Crippen molar-refractivity contribution in [3.05, 3.63) is 34.7 Å². The average molecular weight is 287 g/mol. The molecule has 112 valence electrons. The first-order valence-corrected chi connectivity index (χ1v) is 7.58. The molecule has 0 spiro atoms. The molecule has 1 aromatic carbocycles. The second-order valence-electron chi connectivity index (χ2n) is 5.98. The van der Waals surface area contributed by atoms with Gasteiger partial charge in [0.15, 0.2) is 0 Å². The average Bonchev–Trinajstić information content (AvgIpc) is 2.77. The van der Waals surface area contributed by atoms with Crippen LogP contribution in [0.1, 0.15) is 32.6 Å². The van der Waals surface area contributed by atoms with Gasteiger partial charge < -0.3 is 10.3 Å². The molecule has 0 aliphatic heterocycles. The van der Waals surface area contributed by atoms with Gasteiger partial charge >= 0.3 is 5.69 Å². The van der Waals surface area contributed by atoms with Gasteiger partial charge in [0.1, 0.15) is 0 Å². The molecular formula is C16H21N3O2. The number of hydrogen-bond acceptors (Lipinski definition) is 2. The van der Waals surface area contributed by atoms with E-state index in [4.69, 9.17) is 0 Å². The number of H-pyrrole nitrogens is 1. The van der Waals surface area contributed by atoms with E-state index in [9.17, 15) is 9.59 Å². The van der Waals surface area contributed by atoms with Crippen molar-refractivity contribution >= 4 is 16.9 Å². The molecule has 2 N–H and O–H groups in total. The normalized spacial score (nSPS) is 22.3. The van der Waals surface area contributed by atoms with E-state index in [1.54, 1.807) is 6.92 Å². The standard InChI is InChI=1S/C16H21N3O2/c1-11(20)17-13-8-6-12(7-9-13)10-19-15-5-3-2-4-14(15)18-16(19)21/h2-5,12-13H,6-10H2,1H3,(H,17,20)(H,18,21)/t12-,13+. The number of rotatable bonds is 3. The molecule has 1 fully saturated rings. The number of aromatic nitrogens is 2. The maximum absolute atomic E-state index is 12.1. The minimum absolute atomic E-state index is 0.0276. The maximum Gasteiger partial charge on any atom is 0.326 e. The van der Waals surface area contributed by atoms with Crippen LogP contribution in [-0.2, 0) is 11.3 Å². The molecule has 3 rings (SSSR count). The molecule has 21 heavy (non-hydrogen) atoms. The van der Waals surface area contributed by atoms with Crippen molar-refractivity contribution in [2.24, 2.45) is 5.92 Å². The van der Waals surface area contributed by atoms with Gasteiger partial charge in [-0.05, 0) is 43.7 Å². The molecule has 5 heteroatoms. The first kappa shape index (κ1) is 13.9. The summed E-state index contributed by atoms with van der Waals surface area (Å²) in [7, 11) is 0. The Morgan fingerprint density at radius 1 is 1.29 bits per heavy atom. The predicted octanol–water partition coefficient (Wildman–Crippen LogP) is 2.02. The fraction of sp³-hybridized carbons (Fsp3) is 0.500. The van der Waals surface area contributed by atoms with Crippen LogP contribution >= 0.6 is 0 Å². The largest absolute Gasteiger partial charge is 0.354 e. The Kier molecular flexibility index (Phi) is 3.82. The van der Waals surface area contributed by atoms with Gasteiger partial charge in [0.05, 0.1) is 11.0 Å². The van der Waals surface area contributed by atoms with Crippen LogP contribution in [0.2, 0.25) is 0 Å². The maximum atomic E-state index is 12.1. The van der Waals surface area contributed by atoms with E-state index in [1.807, 2.05) is 28.8 Å². The Bertz CT molecular complexity index is 693. The van der Waals surface area contributed by atoms with Crippen LogP contribution in [0.5, 0.6) is 0 Å². The number of para-hydroxylation sites is 2. The van der Waals surface area contributed by atoms with E-state index < -0.39 is 0 Å². The quantitative estimate of drug-likeness (QED) is 0.907. The molecule has 1 aromatic heterocycles. The predicted molar refractivity (Wildman–Crippen MR) is 82.1 cm³/mol. The van der Waals surface area contributed by atoms with Crippen molar-refractivity contribution in [1.29, 1.82) is 0 Å². The van der Waals surface area contributed by atoms with Gasteiger partial charge in [-0.1, -0.05) is 12.1 Å². The minimum Gasteiger partial charge on any atom is -0.354 e. The van der Waals surface area contributed by atoms with E-state index in [1.165, 1.54) is 0 Å². The van der Waals surface area contributed by atoms with Crippen LogP contribution < -0.4 is 11.0 Å². The number of hydrogen-bond donors (Lipinski definition) is 2. The number of benzene rings is 1. The number of carbonyl (C=O) groups excluding carboxylic acids is 1. The fourth-order valence-corrected chi connectivity index (χ4v) is 3.32. The Balaban J connectivity index is 1.68. The van der Waals surface area contributed by atoms with Crippen LogP contribution in [-0.4, -0.2) is 21.5 Å². The molecule has 0 saturated heterocycles. The SMILES string of the molecule is CC(=O)N[C@H]1CC[C@@H](Cn2c(=O)[nH]c3ccccc32)CC1. The zero-order chi connectivity index (χ0) is 14.8. The van der Waals surface area contributed by atoms with Gasteiger partial charge in [-0.15, -0.1) is 0 Å². The van der Waals surface area contributed by atoms with E-state index in [0.29, 0.717) is 12.0 Å². The van der Waals surface area contributed by atoms with Crippen molar-refractivity contribution in [2.45, 2.75) is 45.2 Å². The molecule has 1 aliphatic carbocycles. The summed E-state index contributed by atoms with van der Waals surface area (Å²) in [5, 5.41) is 2.99. The molecule has 0 bridgehead atoms. The second kappa shape index (κ2) is 5.76. The summed E-state index contributed by atoms with van der Waals surface area (Å²) in [5.74, 6) is 0.554. The number of imidazole rings is 1. The summed E-state index contributed by atoms with van der Waals surface area (Å²) in [5.41, 5.74) is 1.85. The van der Waals surface area contributed by atoms with E-state index >= 15 is 0 Å². The van der Waals surface area contributed by atoms with Crippen LogP contribution in [0.4, 0.5) is 0 Å². The molecule has 0 unspecified atom stereocenters. The Labute approximate surface area is 123 Å². The van der Waals surface area contributed by atoms with Crippen molar-refractivity contribution in [3.8, 4) is 0 Å². The molecule has 1 aliphatic rings. The van der Waals surface area contributed by atoms with Gasteiger partial charge in [0.25, 0.3) is 0 Å². The van der Waals surface area contributed by atoms with Crippen molar-refractivity contribution in [2.75, 3.05) is 0 Å². The van der Waals surface area contributed by atoms with Gasteiger partial charge in [-0.25, -0.2) is 4.79 Å². The summed E-state index contributed by atoms with van der Waals surface area (Å²) in [6.45, 7) is 2.33. The molecule has 0 atom stereocenters. The summed E-state index contributed by atoms with van der Waals surface area (Å²) in [4.78, 5) is 26.1. The smallest absolute Gasteiger partial charge is 0.326 e. The molecule has 2 aromatic rings. The van der Waals surface area contributed by atoms with E-state index in [2.05, 4.69) is 10.3 Å². The van der Waals surface area contributed by atoms with Gasteiger partial charge in [0, 0.05) is 19.5 Å². The Hall–Kier alpha value is -2.04. The van der Waals surface area contributed by atoms with Gasteiger partial charge in [-0.3, -0.25) is 9.36 Å². The van der Waals surface area contributed by atoms with Crippen molar-refractivity contribution in [1.82, 2.24) is 14.9 Å². The highest BCUT2D eigenvalue weighted by Crippen LogP contribution is 2.26. The van der Waals surface area contributed by atoms with Crippen LogP contribution in [0, 0.1) is 5.92 Å². The monoisotopic (exact) mass is 287 g/mol. The summed E-state index contributed by atoms with van der Waals surface area (Å²) in [6, 6.07) is 8.11. The lowest BCUT2D eigenvalue weighted by Gasteiger charge is -2.28. The zero-order valence-electron chi connectivity index (χ0n) is 12.3. The number of nitrogens with one attached hydrogen (secondary N) is 2. The number of carbonyl (C=O) groups is 1. The number of fused-ring (bicyclic) bond motifs is 1. The molecule has 1 amide bonds. The molecule has 1 heterocycles. The molecule has 1 saturated carbocycles. The first-order chi connectivity index (χ1) is 10.1. The minimum atomic E-state index is -0.0276. The first-order valence-electron chi connectivity index (χ1n) is 7.58. The van der Waals surface area contributed by atoms with Gasteiger partial charge in [-0.2, -0.15) is 0 Å². The number of nitrogens with zero attached hydrogens (tertiary/aromatic N) is 1. The lowest BCUT2D eigenvalue weighted by molar-refractivity contribution is -0.119. The zero-order valence-corrected chi connectivity index (χ0v) is 12.3. The lowest BCUT2D eigenvalue weighted by Crippen LogP contribution is -2.37. The lowest BCUT2D eigenvalue weighted by atomic mass is 9.86. The third-order valence-corrected chi connectivity index (χ3v) is 4.38. The molecular weight excluding hydrogens is 266 g/mol. The third kappa shape index (κ3) is 3.01. The molecule has 0 radical (unpaired) electrons. The summed E-state index contributed by atoms with van der Waals surface area (Å²) >= 11 is 0. The van der Waals surface area contributed by atoms with Crippen LogP contribution in [0.25, 0.3) is 11.0 Å². The highest BCUT2D eigenvalue weighted by atomic mass is 16.1. The Morgan fingerprint density at radius 2 is 2.00 bits per heavy atom. The summed E-state index contributed by atoms with van der Waals surface area (Å²) in [6.07, 6.45) is 4.11. The molecule has 5 nitrogen and oxygen atoms in total. The van der Waals surface area contributed by atoms with Crippen molar-refractivity contribution in [3.63, 3.8) is 0 Å². The van der Waals surface area contributed by atoms with E-state index in [0.717, 1.165) is 43.3 Å². The fourth-order valence-electron chi connectivity index (χ4n) is 3.32. The highest BCUT2D eigenvalue weighted by molar-refractivity contribution is 5.75. The summed E-state index contributed by atoms with van der Waals surface area (Å²) < 4.78 is 1.85. The highest BCUT2D eigenvalue weighted by Gasteiger charge is 2.22. The van der Waals surface area contributed by atoms with Gasteiger partial charge in [0.2, 0.25) is 5.91 Å².